The number of methoxy groups -OCH3 is 1. The van der Waals surface area contributed by atoms with Crippen LogP contribution >= 0.6 is 11.8 Å². The molecule has 2 heterocycles. The van der Waals surface area contributed by atoms with Gasteiger partial charge in [-0.2, -0.15) is 0 Å². The van der Waals surface area contributed by atoms with Crippen molar-refractivity contribution < 1.29 is 23.5 Å². The van der Waals surface area contributed by atoms with E-state index in [1.165, 1.54) is 45.8 Å². The van der Waals surface area contributed by atoms with Gasteiger partial charge in [0.15, 0.2) is 0 Å². The van der Waals surface area contributed by atoms with E-state index in [2.05, 4.69) is 5.32 Å². The van der Waals surface area contributed by atoms with Crippen molar-refractivity contribution in [2.24, 2.45) is 0 Å². The van der Waals surface area contributed by atoms with Crippen molar-refractivity contribution in [2.75, 3.05) is 34.5 Å². The summed E-state index contributed by atoms with van der Waals surface area (Å²) in [5.41, 5.74) is 3.12. The molecule has 3 amide bonds. The minimum Gasteiger partial charge on any atom is -0.497 e. The van der Waals surface area contributed by atoms with Crippen LogP contribution in [0.15, 0.2) is 66.7 Å². The van der Waals surface area contributed by atoms with Crippen LogP contribution in [0, 0.1) is 12.7 Å². The summed E-state index contributed by atoms with van der Waals surface area (Å²) >= 11 is 1.21. The maximum atomic E-state index is 14.0. The lowest BCUT2D eigenvalue weighted by molar-refractivity contribution is -0.124. The summed E-state index contributed by atoms with van der Waals surface area (Å²) in [5.74, 6) is -0.715. The van der Waals surface area contributed by atoms with Gasteiger partial charge in [0.25, 0.3) is 5.91 Å². The number of anilines is 3. The van der Waals surface area contributed by atoms with E-state index in [1.54, 1.807) is 37.4 Å². The molecule has 0 saturated carbocycles. The van der Waals surface area contributed by atoms with Gasteiger partial charge in [-0.1, -0.05) is 17.7 Å². The van der Waals surface area contributed by atoms with Gasteiger partial charge in [0.05, 0.1) is 18.6 Å². The molecule has 1 spiro atoms. The van der Waals surface area contributed by atoms with Gasteiger partial charge in [0.2, 0.25) is 16.7 Å². The van der Waals surface area contributed by atoms with Crippen molar-refractivity contribution in [3.63, 3.8) is 0 Å². The second-order valence-corrected chi connectivity index (χ2v) is 9.50. The Morgan fingerprint density at radius 1 is 1.09 bits per heavy atom. The van der Waals surface area contributed by atoms with Gasteiger partial charge < -0.3 is 10.1 Å². The average Bonchev–Trinajstić information content (AvgIpc) is 3.31. The zero-order valence-corrected chi connectivity index (χ0v) is 19.9. The fraction of sp³-hybridized carbons (Fsp3) is 0.192. The Morgan fingerprint density at radius 3 is 2.49 bits per heavy atom. The second-order valence-electron chi connectivity index (χ2n) is 8.33. The molecule has 1 atom stereocenters. The second kappa shape index (κ2) is 8.74. The number of nitrogens with one attached hydrogen (secondary N) is 1. The smallest absolute Gasteiger partial charge is 0.269 e. The van der Waals surface area contributed by atoms with Crippen molar-refractivity contribution in [2.45, 2.75) is 11.8 Å². The van der Waals surface area contributed by atoms with E-state index in [0.29, 0.717) is 28.4 Å². The average molecular weight is 492 g/mol. The largest absolute Gasteiger partial charge is 0.497 e. The van der Waals surface area contributed by atoms with Crippen LogP contribution < -0.4 is 19.9 Å². The molecular weight excluding hydrogens is 469 g/mol. The lowest BCUT2D eigenvalue weighted by Gasteiger charge is -2.33. The third kappa shape index (κ3) is 3.81. The Morgan fingerprint density at radius 2 is 1.80 bits per heavy atom. The first-order valence-electron chi connectivity index (χ1n) is 10.9. The fourth-order valence-corrected chi connectivity index (χ4v) is 5.83. The van der Waals surface area contributed by atoms with Gasteiger partial charge in [-0.3, -0.25) is 24.2 Å². The van der Waals surface area contributed by atoms with Gasteiger partial charge >= 0.3 is 0 Å². The third-order valence-corrected chi connectivity index (χ3v) is 7.46. The van der Waals surface area contributed by atoms with Gasteiger partial charge in [0.1, 0.15) is 18.1 Å². The van der Waals surface area contributed by atoms with E-state index in [1.807, 2.05) is 19.1 Å². The summed E-state index contributed by atoms with van der Waals surface area (Å²) in [6, 6.07) is 17.9. The van der Waals surface area contributed by atoms with Crippen LogP contribution in [-0.2, 0) is 19.3 Å². The van der Waals surface area contributed by atoms with Crippen LogP contribution in [0.2, 0.25) is 0 Å². The zero-order chi connectivity index (χ0) is 24.7. The highest BCUT2D eigenvalue weighted by atomic mass is 32.2. The van der Waals surface area contributed by atoms with Crippen LogP contribution in [0.25, 0.3) is 0 Å². The number of ether oxygens (including phenoxy) is 1. The summed E-state index contributed by atoms with van der Waals surface area (Å²) < 4.78 is 18.7. The van der Waals surface area contributed by atoms with Crippen molar-refractivity contribution in [1.82, 2.24) is 0 Å². The minimum absolute atomic E-state index is 0.0857. The molecule has 7 nitrogen and oxygen atoms in total. The van der Waals surface area contributed by atoms with Crippen LogP contribution in [0.5, 0.6) is 5.75 Å². The number of carbonyl (C=O) groups is 3. The fourth-order valence-electron chi connectivity index (χ4n) is 4.48. The van der Waals surface area contributed by atoms with Crippen molar-refractivity contribution in [1.29, 1.82) is 0 Å². The summed E-state index contributed by atoms with van der Waals surface area (Å²) in [6.07, 6.45) is 0. The van der Waals surface area contributed by atoms with Gasteiger partial charge in [-0.25, -0.2) is 4.39 Å². The first-order valence-corrected chi connectivity index (χ1v) is 11.9. The van der Waals surface area contributed by atoms with E-state index in [4.69, 9.17) is 4.74 Å². The molecule has 178 valence electrons. The molecule has 9 heteroatoms. The third-order valence-electron chi connectivity index (χ3n) is 6.07. The maximum Gasteiger partial charge on any atom is 0.269 e. The number of amides is 3. The molecule has 0 aliphatic carbocycles. The number of nitrogens with zero attached hydrogens (tertiary/aromatic N) is 2. The highest BCUT2D eigenvalue weighted by Crippen LogP contribution is 2.55. The van der Waals surface area contributed by atoms with E-state index in [-0.39, 0.29) is 30.0 Å². The lowest BCUT2D eigenvalue weighted by Crippen LogP contribution is -2.50. The van der Waals surface area contributed by atoms with Crippen LogP contribution in [-0.4, -0.2) is 37.1 Å². The summed E-state index contributed by atoms with van der Waals surface area (Å²) in [5, 5.41) is 2.80. The van der Waals surface area contributed by atoms with Crippen molar-refractivity contribution >= 4 is 46.5 Å². The number of thioether (sulfide) groups is 1. The lowest BCUT2D eigenvalue weighted by atomic mass is 10.0. The summed E-state index contributed by atoms with van der Waals surface area (Å²) in [7, 11) is 1.56. The standard InChI is InChI=1S/C26H22FN3O4S/c1-16-3-12-22-21(13-16)26(30(24(32)15-35-26)19-8-4-17(27)5-9-19)25(33)29(22)14-23(31)28-18-6-10-20(34-2)11-7-18/h3-13H,14-15H2,1-2H3,(H,28,31)/t26-/m1/s1. The predicted octanol–water partition coefficient (Wildman–Crippen LogP) is 4.06. The monoisotopic (exact) mass is 491 g/mol. The van der Waals surface area contributed by atoms with Crippen molar-refractivity contribution in [3.8, 4) is 5.75 Å². The minimum atomic E-state index is -1.36. The Kier molecular flexibility index (Phi) is 5.72. The molecule has 3 aromatic rings. The number of aryl methyl sites for hydroxylation is 1. The molecule has 1 saturated heterocycles. The number of hydrogen-bond acceptors (Lipinski definition) is 5. The molecule has 35 heavy (non-hydrogen) atoms. The van der Waals surface area contributed by atoms with Gasteiger partial charge in [0, 0.05) is 16.9 Å². The molecule has 5 rings (SSSR count). The number of hydrogen-bond donors (Lipinski definition) is 1. The van der Waals surface area contributed by atoms with Crippen molar-refractivity contribution in [3.05, 3.63) is 83.7 Å². The molecule has 2 aliphatic heterocycles. The number of carbonyl (C=O) groups excluding carboxylic acids is 3. The summed E-state index contributed by atoms with van der Waals surface area (Å²) in [6.45, 7) is 1.68. The Balaban J connectivity index is 1.50. The predicted molar refractivity (Wildman–Crippen MR) is 133 cm³/mol. The number of benzene rings is 3. The molecule has 0 radical (unpaired) electrons. The molecule has 1 N–H and O–H groups in total. The summed E-state index contributed by atoms with van der Waals surface area (Å²) in [4.78, 5) is 41.5. The number of fused-ring (bicyclic) bond motifs is 2. The topological polar surface area (TPSA) is 79.0 Å². The van der Waals surface area contributed by atoms with E-state index >= 15 is 0 Å². The van der Waals surface area contributed by atoms with E-state index in [0.717, 1.165) is 5.56 Å². The van der Waals surface area contributed by atoms with E-state index < -0.39 is 10.7 Å². The molecule has 2 aliphatic rings. The molecular formula is C26H22FN3O4S. The SMILES string of the molecule is COc1ccc(NC(=O)CN2C(=O)[C@]3(SCC(=O)N3c3ccc(F)cc3)c3cc(C)ccc32)cc1. The first-order chi connectivity index (χ1) is 16.8. The van der Waals surface area contributed by atoms with Gasteiger partial charge in [-0.05, 0) is 61.5 Å². The Labute approximate surface area is 205 Å². The molecule has 1 fully saturated rings. The molecule has 0 bridgehead atoms. The highest BCUT2D eigenvalue weighted by molar-refractivity contribution is 8.02. The Hall–Kier alpha value is -3.85. The molecule has 0 aromatic heterocycles. The number of rotatable bonds is 5. The molecule has 3 aromatic carbocycles. The van der Waals surface area contributed by atoms with Crippen LogP contribution in [0.1, 0.15) is 11.1 Å². The van der Waals surface area contributed by atoms with E-state index in [9.17, 15) is 18.8 Å². The highest BCUT2D eigenvalue weighted by Gasteiger charge is 2.61. The van der Waals surface area contributed by atoms with Crippen LogP contribution in [0.3, 0.4) is 0 Å². The first kappa shape index (κ1) is 22.9. The Bertz CT molecular complexity index is 1330. The number of halogens is 1. The van der Waals surface area contributed by atoms with Gasteiger partial charge in [-0.15, -0.1) is 11.8 Å². The maximum absolute atomic E-state index is 14.0. The zero-order valence-electron chi connectivity index (χ0n) is 19.1. The quantitative estimate of drug-likeness (QED) is 0.582. The molecule has 0 unspecified atom stereocenters. The van der Waals surface area contributed by atoms with Crippen LogP contribution in [0.4, 0.5) is 21.5 Å². The normalized spacial score (nSPS) is 18.8.